The molecule has 0 amide bonds. The van der Waals surface area contributed by atoms with Crippen LogP contribution in [0.5, 0.6) is 0 Å². The van der Waals surface area contributed by atoms with E-state index in [0.717, 1.165) is 19.3 Å². The molecular weight excluding hydrogens is 270 g/mol. The van der Waals surface area contributed by atoms with Crippen molar-refractivity contribution in [3.05, 3.63) is 0 Å². The molecule has 0 fully saturated rings. The van der Waals surface area contributed by atoms with E-state index in [2.05, 4.69) is 20.8 Å². The molecule has 0 aliphatic carbocycles. The van der Waals surface area contributed by atoms with Crippen molar-refractivity contribution in [3.8, 4) is 0 Å². The van der Waals surface area contributed by atoms with Crippen LogP contribution in [0.25, 0.3) is 0 Å². The molecule has 122 valence electrons. The summed E-state index contributed by atoms with van der Waals surface area (Å²) in [7, 11) is 0. The van der Waals surface area contributed by atoms with E-state index in [1.807, 2.05) is 0 Å². The highest BCUT2D eigenvalue weighted by Crippen LogP contribution is 2.30. The lowest BCUT2D eigenvalue weighted by molar-refractivity contribution is 0.231. The van der Waals surface area contributed by atoms with Crippen molar-refractivity contribution in [3.63, 3.8) is 0 Å². The minimum absolute atomic E-state index is 0.136. The Kier molecular flexibility index (Phi) is 11.9. The molecule has 0 saturated heterocycles. The summed E-state index contributed by atoms with van der Waals surface area (Å²) in [5.41, 5.74) is 5.98. The van der Waals surface area contributed by atoms with Crippen LogP contribution in [-0.4, -0.2) is 22.6 Å². The fraction of sp³-hybridized carbons (Fsp3) is 1.00. The first-order valence-electron chi connectivity index (χ1n) is 8.47. The molecular formula is C17H36ClNO. The van der Waals surface area contributed by atoms with Crippen LogP contribution in [0.1, 0.15) is 85.0 Å². The summed E-state index contributed by atoms with van der Waals surface area (Å²) in [6, 6.07) is 0. The highest BCUT2D eigenvalue weighted by Gasteiger charge is 2.30. The van der Waals surface area contributed by atoms with Crippen LogP contribution < -0.4 is 5.73 Å². The first-order valence-corrected chi connectivity index (χ1v) is 8.91. The highest BCUT2D eigenvalue weighted by atomic mass is 35.5. The average Bonchev–Trinajstić information content (AvgIpc) is 2.36. The van der Waals surface area contributed by atoms with Gasteiger partial charge in [-0.15, -0.1) is 11.6 Å². The van der Waals surface area contributed by atoms with Gasteiger partial charge < -0.3 is 10.8 Å². The lowest BCUT2D eigenvalue weighted by Crippen LogP contribution is -2.45. The molecule has 3 heteroatoms. The van der Waals surface area contributed by atoms with Gasteiger partial charge in [0.2, 0.25) is 0 Å². The van der Waals surface area contributed by atoms with Crippen LogP contribution in [0.3, 0.4) is 0 Å². The van der Waals surface area contributed by atoms with Gasteiger partial charge in [0.15, 0.2) is 0 Å². The van der Waals surface area contributed by atoms with Crippen molar-refractivity contribution in [1.82, 2.24) is 0 Å². The smallest absolute Gasteiger partial charge is 0.0431 e. The SMILES string of the molecule is CCCCCCCCCC(Cl)C(CCCO)C(C)(C)N. The van der Waals surface area contributed by atoms with E-state index in [4.69, 9.17) is 22.4 Å². The van der Waals surface area contributed by atoms with E-state index >= 15 is 0 Å². The van der Waals surface area contributed by atoms with Crippen LogP contribution in [0, 0.1) is 5.92 Å². The monoisotopic (exact) mass is 305 g/mol. The minimum Gasteiger partial charge on any atom is -0.396 e. The number of aliphatic hydroxyl groups is 1. The zero-order valence-electron chi connectivity index (χ0n) is 13.8. The van der Waals surface area contributed by atoms with Gasteiger partial charge in [-0.25, -0.2) is 0 Å². The number of hydrogen-bond acceptors (Lipinski definition) is 2. The molecule has 0 radical (unpaired) electrons. The zero-order chi connectivity index (χ0) is 15.4. The molecule has 2 nitrogen and oxygen atoms in total. The third-order valence-corrected chi connectivity index (χ3v) is 4.67. The van der Waals surface area contributed by atoms with Crippen LogP contribution in [-0.2, 0) is 0 Å². The van der Waals surface area contributed by atoms with Crippen LogP contribution in [0.15, 0.2) is 0 Å². The number of unbranched alkanes of at least 4 members (excludes halogenated alkanes) is 6. The Bertz CT molecular complexity index is 216. The van der Waals surface area contributed by atoms with E-state index in [1.165, 1.54) is 44.9 Å². The number of alkyl halides is 1. The van der Waals surface area contributed by atoms with Crippen molar-refractivity contribution < 1.29 is 5.11 Å². The maximum atomic E-state index is 9.00. The van der Waals surface area contributed by atoms with Crippen molar-refractivity contribution in [1.29, 1.82) is 0 Å². The average molecular weight is 306 g/mol. The standard InChI is InChI=1S/C17H36ClNO/c1-4-5-6-7-8-9-10-13-16(18)15(12-11-14-20)17(2,3)19/h15-16,20H,4-14,19H2,1-3H3. The van der Waals surface area contributed by atoms with Crippen LogP contribution >= 0.6 is 11.6 Å². The molecule has 0 bridgehead atoms. The molecule has 2 atom stereocenters. The maximum Gasteiger partial charge on any atom is 0.0431 e. The lowest BCUT2D eigenvalue weighted by Gasteiger charge is -2.34. The topological polar surface area (TPSA) is 46.2 Å². The van der Waals surface area contributed by atoms with Crippen molar-refractivity contribution in [2.24, 2.45) is 11.7 Å². The largest absolute Gasteiger partial charge is 0.396 e. The second kappa shape index (κ2) is 11.8. The van der Waals surface area contributed by atoms with Gasteiger partial charge in [-0.2, -0.15) is 0 Å². The summed E-state index contributed by atoms with van der Waals surface area (Å²) in [5.74, 6) is 0.288. The molecule has 0 aliphatic rings. The van der Waals surface area contributed by atoms with Gasteiger partial charge in [0.25, 0.3) is 0 Å². The fourth-order valence-electron chi connectivity index (χ4n) is 2.83. The molecule has 20 heavy (non-hydrogen) atoms. The third-order valence-electron chi connectivity index (χ3n) is 4.15. The molecule has 0 spiro atoms. The van der Waals surface area contributed by atoms with Gasteiger partial charge in [0.1, 0.15) is 0 Å². The van der Waals surface area contributed by atoms with E-state index in [1.54, 1.807) is 0 Å². The van der Waals surface area contributed by atoms with E-state index < -0.39 is 0 Å². The number of nitrogens with two attached hydrogens (primary N) is 1. The van der Waals surface area contributed by atoms with Gasteiger partial charge in [0.05, 0.1) is 0 Å². The van der Waals surface area contributed by atoms with Gasteiger partial charge in [-0.3, -0.25) is 0 Å². The van der Waals surface area contributed by atoms with Crippen LogP contribution in [0.4, 0.5) is 0 Å². The Labute approximate surface area is 131 Å². The molecule has 0 heterocycles. The van der Waals surface area contributed by atoms with Crippen molar-refractivity contribution >= 4 is 11.6 Å². The Balaban J connectivity index is 3.86. The fourth-order valence-corrected chi connectivity index (χ4v) is 3.43. The summed E-state index contributed by atoms with van der Waals surface area (Å²) in [4.78, 5) is 0. The second-order valence-corrected chi connectivity index (χ2v) is 7.28. The number of aliphatic hydroxyl groups excluding tert-OH is 1. The highest BCUT2D eigenvalue weighted by molar-refractivity contribution is 6.20. The first-order chi connectivity index (χ1) is 9.43. The van der Waals surface area contributed by atoms with E-state index in [-0.39, 0.29) is 23.4 Å². The molecule has 2 unspecified atom stereocenters. The van der Waals surface area contributed by atoms with Crippen LogP contribution in [0.2, 0.25) is 0 Å². The quantitative estimate of drug-likeness (QED) is 0.377. The van der Waals surface area contributed by atoms with Gasteiger partial charge in [-0.1, -0.05) is 51.9 Å². The maximum absolute atomic E-state index is 9.00. The van der Waals surface area contributed by atoms with Gasteiger partial charge in [-0.05, 0) is 39.0 Å². The third kappa shape index (κ3) is 10.0. The Morgan fingerprint density at radius 3 is 2.00 bits per heavy atom. The summed E-state index contributed by atoms with van der Waals surface area (Å²) < 4.78 is 0. The Hall–Kier alpha value is 0.210. The predicted molar refractivity (Wildman–Crippen MR) is 90.3 cm³/mol. The first kappa shape index (κ1) is 20.2. The van der Waals surface area contributed by atoms with E-state index in [0.29, 0.717) is 0 Å². The molecule has 0 aromatic carbocycles. The number of hydrogen-bond donors (Lipinski definition) is 2. The number of halogens is 1. The Morgan fingerprint density at radius 2 is 1.50 bits per heavy atom. The molecule has 0 aliphatic heterocycles. The van der Waals surface area contributed by atoms with Gasteiger partial charge in [0, 0.05) is 17.5 Å². The summed E-state index contributed by atoms with van der Waals surface area (Å²) in [5, 5.41) is 9.13. The predicted octanol–water partition coefficient (Wildman–Crippen LogP) is 4.86. The molecule has 3 N–H and O–H groups in total. The minimum atomic E-state index is -0.261. The molecule has 0 aromatic heterocycles. The zero-order valence-corrected chi connectivity index (χ0v) is 14.6. The summed E-state index contributed by atoms with van der Waals surface area (Å²) in [6.45, 7) is 6.58. The molecule has 0 saturated carbocycles. The van der Waals surface area contributed by atoms with Crippen molar-refractivity contribution in [2.75, 3.05) is 6.61 Å². The number of rotatable bonds is 13. The second-order valence-electron chi connectivity index (χ2n) is 6.72. The summed E-state index contributed by atoms with van der Waals surface area (Å²) >= 11 is 6.57. The van der Waals surface area contributed by atoms with Gasteiger partial charge >= 0.3 is 0 Å². The Morgan fingerprint density at radius 1 is 0.950 bits per heavy atom. The van der Waals surface area contributed by atoms with Crippen molar-refractivity contribution in [2.45, 2.75) is 95.9 Å². The normalized spacial score (nSPS) is 15.3. The lowest BCUT2D eigenvalue weighted by atomic mass is 9.80. The molecule has 0 aromatic rings. The van der Waals surface area contributed by atoms with E-state index in [9.17, 15) is 0 Å². The molecule has 0 rings (SSSR count). The summed E-state index contributed by atoms with van der Waals surface area (Å²) in [6.07, 6.45) is 12.0.